The second-order valence-electron chi connectivity index (χ2n) is 5.59. The molecule has 1 aromatic heterocycles. The molecule has 2 aromatic rings. The lowest BCUT2D eigenvalue weighted by Gasteiger charge is -2.28. The van der Waals surface area contributed by atoms with Gasteiger partial charge in [0.1, 0.15) is 18.3 Å². The number of rotatable bonds is 7. The number of sulfone groups is 1. The van der Waals surface area contributed by atoms with Crippen molar-refractivity contribution in [1.29, 1.82) is 0 Å². The van der Waals surface area contributed by atoms with Crippen molar-refractivity contribution in [3.8, 4) is 0 Å². The minimum Gasteiger partial charge on any atom is -0.382 e. The molecule has 0 bridgehead atoms. The van der Waals surface area contributed by atoms with Crippen LogP contribution in [0, 0.1) is 0 Å². The molecule has 0 saturated heterocycles. The van der Waals surface area contributed by atoms with E-state index in [-0.39, 0.29) is 22.9 Å². The lowest BCUT2D eigenvalue weighted by atomic mass is 9.94. The van der Waals surface area contributed by atoms with Crippen LogP contribution in [0.15, 0.2) is 36.9 Å². The van der Waals surface area contributed by atoms with Gasteiger partial charge in [0.05, 0.1) is 17.2 Å². The lowest BCUT2D eigenvalue weighted by Crippen LogP contribution is -2.35. The van der Waals surface area contributed by atoms with Crippen LogP contribution in [0.1, 0.15) is 11.1 Å². The third kappa shape index (κ3) is 5.72. The highest BCUT2D eigenvalue weighted by Gasteiger charge is 2.34. The predicted octanol–water partition coefficient (Wildman–Crippen LogP) is 1.92. The molecule has 2 rings (SSSR count). The Bertz CT molecular complexity index is 793. The molecular formula is C14H16F3N3O3S2. The largest absolute Gasteiger partial charge is 0.416 e. The molecule has 0 amide bonds. The number of halogens is 3. The van der Waals surface area contributed by atoms with Gasteiger partial charge in [-0.05, 0) is 17.7 Å². The minimum absolute atomic E-state index is 0.0364. The van der Waals surface area contributed by atoms with E-state index in [9.17, 15) is 26.7 Å². The van der Waals surface area contributed by atoms with E-state index in [1.54, 1.807) is 0 Å². The summed E-state index contributed by atoms with van der Waals surface area (Å²) < 4.78 is 62.0. The number of thioether (sulfide) groups is 1. The third-order valence-electron chi connectivity index (χ3n) is 3.28. The molecule has 1 N–H and O–H groups in total. The normalized spacial score (nSPS) is 15.1. The van der Waals surface area contributed by atoms with E-state index in [0.29, 0.717) is 0 Å². The van der Waals surface area contributed by atoms with E-state index in [1.165, 1.54) is 29.5 Å². The molecule has 0 saturated carbocycles. The Labute approximate surface area is 147 Å². The van der Waals surface area contributed by atoms with Crippen LogP contribution in [-0.2, 0) is 28.2 Å². The molecule has 1 atom stereocenters. The third-order valence-corrected chi connectivity index (χ3v) is 6.34. The fourth-order valence-corrected chi connectivity index (χ4v) is 4.27. The first-order valence-corrected chi connectivity index (χ1v) is 10.2. The lowest BCUT2D eigenvalue weighted by molar-refractivity contribution is -0.137. The first kappa shape index (κ1) is 19.7. The van der Waals surface area contributed by atoms with Gasteiger partial charge in [-0.25, -0.2) is 18.1 Å². The van der Waals surface area contributed by atoms with Crippen LogP contribution in [0.2, 0.25) is 0 Å². The summed E-state index contributed by atoms with van der Waals surface area (Å²) >= 11 is 0.972. The van der Waals surface area contributed by atoms with Gasteiger partial charge in [-0.15, -0.1) is 11.8 Å². The molecule has 0 spiro atoms. The Hall–Kier alpha value is -1.59. The minimum atomic E-state index is -4.48. The topological polar surface area (TPSA) is 85.1 Å². The molecule has 0 radical (unpaired) electrons. The number of alkyl halides is 3. The van der Waals surface area contributed by atoms with E-state index in [1.807, 2.05) is 0 Å². The molecular weight excluding hydrogens is 379 g/mol. The number of benzene rings is 1. The monoisotopic (exact) mass is 395 g/mol. The van der Waals surface area contributed by atoms with Gasteiger partial charge in [0.25, 0.3) is 0 Å². The number of hydrogen-bond acceptors (Lipinski definition) is 6. The molecule has 11 heteroatoms. The van der Waals surface area contributed by atoms with Gasteiger partial charge in [-0.2, -0.15) is 18.3 Å². The van der Waals surface area contributed by atoms with Crippen molar-refractivity contribution in [2.45, 2.75) is 18.3 Å². The maximum absolute atomic E-state index is 12.7. The highest BCUT2D eigenvalue weighted by Crippen LogP contribution is 2.33. The van der Waals surface area contributed by atoms with Crippen LogP contribution in [0.5, 0.6) is 0 Å². The summed E-state index contributed by atoms with van der Waals surface area (Å²) in [7, 11) is -3.25. The zero-order valence-electron chi connectivity index (χ0n) is 13.1. The zero-order chi connectivity index (χ0) is 18.7. The van der Waals surface area contributed by atoms with Crippen LogP contribution < -0.4 is 0 Å². The van der Waals surface area contributed by atoms with Gasteiger partial charge in [0, 0.05) is 12.0 Å². The summed E-state index contributed by atoms with van der Waals surface area (Å²) in [5.74, 6) is -0.0364. The van der Waals surface area contributed by atoms with Crippen LogP contribution in [0.25, 0.3) is 0 Å². The summed E-state index contributed by atoms with van der Waals surface area (Å²) in [4.78, 5) is 3.76. The summed E-state index contributed by atoms with van der Waals surface area (Å²) in [5, 5.41) is 14.6. The Morgan fingerprint density at radius 3 is 2.28 bits per heavy atom. The standard InChI is InChI=1S/C14H16F3N3O3S2/c1-25(22,23)10-24-7-13(21,6-20-9-18-8-19-20)11-2-4-12(5-3-11)14(15,16)17/h2-5,8-9,21H,6-7,10H2,1H3. The number of aliphatic hydroxyl groups is 1. The molecule has 138 valence electrons. The summed E-state index contributed by atoms with van der Waals surface area (Å²) in [6.07, 6.45) is -0.796. The molecule has 1 heterocycles. The molecule has 0 aliphatic rings. The average Bonchev–Trinajstić information content (AvgIpc) is 2.98. The van der Waals surface area contributed by atoms with Crippen LogP contribution in [-0.4, -0.2) is 45.4 Å². The maximum atomic E-state index is 12.7. The van der Waals surface area contributed by atoms with Crippen molar-refractivity contribution in [2.75, 3.05) is 17.1 Å². The van der Waals surface area contributed by atoms with Crippen LogP contribution in [0.4, 0.5) is 13.2 Å². The van der Waals surface area contributed by atoms with E-state index in [4.69, 9.17) is 0 Å². The summed E-state index contributed by atoms with van der Waals surface area (Å²) in [6.45, 7) is -0.0743. The smallest absolute Gasteiger partial charge is 0.382 e. The molecule has 6 nitrogen and oxygen atoms in total. The van der Waals surface area contributed by atoms with Crippen molar-refractivity contribution in [1.82, 2.24) is 14.8 Å². The van der Waals surface area contributed by atoms with Gasteiger partial charge in [0.2, 0.25) is 0 Å². The Kier molecular flexibility index (Phi) is 5.79. The van der Waals surface area contributed by atoms with Gasteiger partial charge >= 0.3 is 6.18 Å². The quantitative estimate of drug-likeness (QED) is 0.771. The van der Waals surface area contributed by atoms with Crippen LogP contribution in [0.3, 0.4) is 0 Å². The van der Waals surface area contributed by atoms with E-state index in [2.05, 4.69) is 10.1 Å². The van der Waals surface area contributed by atoms with Crippen molar-refractivity contribution < 1.29 is 26.7 Å². The second kappa shape index (κ2) is 7.34. The molecule has 0 fully saturated rings. The molecule has 1 unspecified atom stereocenters. The fraction of sp³-hybridized carbons (Fsp3) is 0.429. The van der Waals surface area contributed by atoms with Crippen LogP contribution >= 0.6 is 11.8 Å². The number of hydrogen-bond donors (Lipinski definition) is 1. The van der Waals surface area contributed by atoms with Crippen molar-refractivity contribution in [2.24, 2.45) is 0 Å². The zero-order valence-corrected chi connectivity index (χ0v) is 14.8. The first-order valence-electron chi connectivity index (χ1n) is 6.98. The van der Waals surface area contributed by atoms with E-state index < -0.39 is 27.2 Å². The second-order valence-corrected chi connectivity index (χ2v) is 9.08. The van der Waals surface area contributed by atoms with Gasteiger partial charge < -0.3 is 5.11 Å². The molecule has 0 aliphatic carbocycles. The SMILES string of the molecule is CS(=O)(=O)CSCC(O)(Cn1cncn1)c1ccc(C(F)(F)F)cc1. The Morgan fingerprint density at radius 2 is 1.80 bits per heavy atom. The number of nitrogens with zero attached hydrogens (tertiary/aromatic N) is 3. The molecule has 0 aliphatic heterocycles. The highest BCUT2D eigenvalue weighted by atomic mass is 32.3. The van der Waals surface area contributed by atoms with Gasteiger partial charge in [0.15, 0.2) is 9.84 Å². The van der Waals surface area contributed by atoms with Crippen molar-refractivity contribution in [3.63, 3.8) is 0 Å². The van der Waals surface area contributed by atoms with E-state index in [0.717, 1.165) is 30.2 Å². The van der Waals surface area contributed by atoms with Gasteiger partial charge in [-0.1, -0.05) is 12.1 Å². The fourth-order valence-electron chi connectivity index (χ4n) is 2.13. The Balaban J connectivity index is 2.26. The highest BCUT2D eigenvalue weighted by molar-refractivity contribution is 8.12. The summed E-state index contributed by atoms with van der Waals surface area (Å²) in [5.41, 5.74) is -2.20. The predicted molar refractivity (Wildman–Crippen MR) is 87.5 cm³/mol. The van der Waals surface area contributed by atoms with Gasteiger partial charge in [-0.3, -0.25) is 0 Å². The van der Waals surface area contributed by atoms with Crippen molar-refractivity contribution >= 4 is 21.6 Å². The van der Waals surface area contributed by atoms with E-state index >= 15 is 0 Å². The molecule has 1 aromatic carbocycles. The molecule has 25 heavy (non-hydrogen) atoms. The summed E-state index contributed by atoms with van der Waals surface area (Å²) in [6, 6.07) is 4.12. The maximum Gasteiger partial charge on any atom is 0.416 e. The van der Waals surface area contributed by atoms with Crippen molar-refractivity contribution in [3.05, 3.63) is 48.0 Å². The average molecular weight is 395 g/mol. The first-order chi connectivity index (χ1) is 11.5. The number of aromatic nitrogens is 3. The Morgan fingerprint density at radius 1 is 1.20 bits per heavy atom.